The molecule has 7 nitrogen and oxygen atoms in total. The van der Waals surface area contributed by atoms with Gasteiger partial charge in [0.25, 0.3) is 0 Å². The Morgan fingerprint density at radius 2 is 2.04 bits per heavy atom. The van der Waals surface area contributed by atoms with E-state index >= 15 is 0 Å². The number of hydrogen-bond acceptors (Lipinski definition) is 5. The molecule has 1 aliphatic heterocycles. The molecule has 1 saturated heterocycles. The smallest absolute Gasteiger partial charge is 0.191 e. The van der Waals surface area contributed by atoms with Crippen LogP contribution in [0, 0.1) is 5.92 Å². The number of aryl methyl sites for hydroxylation is 2. The number of aromatic nitrogens is 1. The van der Waals surface area contributed by atoms with E-state index in [0.29, 0.717) is 12.5 Å². The standard InChI is InChI=1S/C20H37N5O2.HI/c1-6-18-17(19(7-2)27-24-18)12-23-20(21-8-3)22-11-16-14-25(9-10-26-16)13-15(4)5;/h15-16H,6-14H2,1-5H3,(H2,21,22,23);1H. The van der Waals surface area contributed by atoms with Gasteiger partial charge in [-0.15, -0.1) is 24.0 Å². The maximum atomic E-state index is 5.93. The number of nitrogens with zero attached hydrogens (tertiary/aromatic N) is 3. The molecule has 1 atom stereocenters. The van der Waals surface area contributed by atoms with Crippen LogP contribution in [0.4, 0.5) is 0 Å². The average molecular weight is 507 g/mol. The first kappa shape index (κ1) is 25.2. The van der Waals surface area contributed by atoms with Gasteiger partial charge in [0, 0.05) is 44.7 Å². The summed E-state index contributed by atoms with van der Waals surface area (Å²) in [4.78, 5) is 7.24. The molecule has 0 spiro atoms. The Kier molecular flexibility index (Phi) is 12.0. The van der Waals surface area contributed by atoms with Gasteiger partial charge in [-0.25, -0.2) is 4.99 Å². The highest BCUT2D eigenvalue weighted by molar-refractivity contribution is 14.0. The molecule has 1 unspecified atom stereocenters. The van der Waals surface area contributed by atoms with Gasteiger partial charge in [-0.1, -0.05) is 32.9 Å². The highest BCUT2D eigenvalue weighted by Crippen LogP contribution is 2.16. The summed E-state index contributed by atoms with van der Waals surface area (Å²) in [7, 11) is 0. The van der Waals surface area contributed by atoms with Gasteiger partial charge < -0.3 is 19.9 Å². The summed E-state index contributed by atoms with van der Waals surface area (Å²) >= 11 is 0. The fraction of sp³-hybridized carbons (Fsp3) is 0.800. The van der Waals surface area contributed by atoms with Crippen molar-refractivity contribution in [3.8, 4) is 0 Å². The van der Waals surface area contributed by atoms with E-state index in [1.807, 2.05) is 0 Å². The highest BCUT2D eigenvalue weighted by atomic mass is 127. The molecule has 8 heteroatoms. The van der Waals surface area contributed by atoms with Crippen molar-refractivity contribution >= 4 is 29.9 Å². The molecule has 0 amide bonds. The van der Waals surface area contributed by atoms with Crippen LogP contribution >= 0.6 is 24.0 Å². The van der Waals surface area contributed by atoms with E-state index in [1.54, 1.807) is 0 Å². The predicted molar refractivity (Wildman–Crippen MR) is 125 cm³/mol. The minimum atomic E-state index is 0. The van der Waals surface area contributed by atoms with E-state index in [1.165, 1.54) is 0 Å². The minimum absolute atomic E-state index is 0. The van der Waals surface area contributed by atoms with E-state index in [4.69, 9.17) is 14.3 Å². The topological polar surface area (TPSA) is 74.9 Å². The van der Waals surface area contributed by atoms with Crippen LogP contribution in [0.15, 0.2) is 9.52 Å². The van der Waals surface area contributed by atoms with E-state index in [-0.39, 0.29) is 30.1 Å². The van der Waals surface area contributed by atoms with Crippen molar-refractivity contribution in [2.75, 3.05) is 39.3 Å². The molecule has 0 radical (unpaired) electrons. The summed E-state index contributed by atoms with van der Waals surface area (Å²) in [6.45, 7) is 16.9. The number of nitrogens with one attached hydrogen (secondary N) is 2. The first-order valence-electron chi connectivity index (χ1n) is 10.4. The zero-order valence-corrected chi connectivity index (χ0v) is 20.4. The molecule has 1 fully saturated rings. The summed E-state index contributed by atoms with van der Waals surface area (Å²) in [6.07, 6.45) is 1.89. The molecule has 1 aromatic rings. The van der Waals surface area contributed by atoms with Gasteiger partial charge in [-0.2, -0.15) is 0 Å². The molecule has 28 heavy (non-hydrogen) atoms. The van der Waals surface area contributed by atoms with E-state index in [0.717, 1.165) is 75.1 Å². The van der Waals surface area contributed by atoms with Crippen molar-refractivity contribution in [2.45, 2.75) is 60.1 Å². The predicted octanol–water partition coefficient (Wildman–Crippen LogP) is 2.83. The molecule has 0 saturated carbocycles. The zero-order valence-electron chi connectivity index (χ0n) is 18.1. The van der Waals surface area contributed by atoms with Gasteiger partial charge in [0.05, 0.1) is 24.9 Å². The van der Waals surface area contributed by atoms with Gasteiger partial charge >= 0.3 is 0 Å². The van der Waals surface area contributed by atoms with Crippen molar-refractivity contribution in [1.29, 1.82) is 0 Å². The summed E-state index contributed by atoms with van der Waals surface area (Å²) < 4.78 is 11.4. The summed E-state index contributed by atoms with van der Waals surface area (Å²) in [5.41, 5.74) is 2.13. The van der Waals surface area contributed by atoms with Crippen LogP contribution in [0.5, 0.6) is 0 Å². The van der Waals surface area contributed by atoms with Gasteiger partial charge in [0.2, 0.25) is 0 Å². The lowest BCUT2D eigenvalue weighted by Gasteiger charge is -2.34. The van der Waals surface area contributed by atoms with Crippen LogP contribution in [0.3, 0.4) is 0 Å². The molecule has 2 N–H and O–H groups in total. The third kappa shape index (κ3) is 7.87. The maximum Gasteiger partial charge on any atom is 0.191 e. The van der Waals surface area contributed by atoms with Crippen molar-refractivity contribution in [3.63, 3.8) is 0 Å². The molecule has 2 heterocycles. The Morgan fingerprint density at radius 3 is 2.68 bits per heavy atom. The Bertz CT molecular complexity index is 570. The molecule has 0 aliphatic carbocycles. The molecular formula is C20H38IN5O2. The fourth-order valence-electron chi connectivity index (χ4n) is 3.41. The second kappa shape index (κ2) is 13.4. The number of halogens is 1. The number of aliphatic imine (C=N–C) groups is 1. The molecular weight excluding hydrogens is 469 g/mol. The second-order valence-corrected chi connectivity index (χ2v) is 7.46. The van der Waals surface area contributed by atoms with Crippen LogP contribution in [0.2, 0.25) is 0 Å². The van der Waals surface area contributed by atoms with Crippen LogP contribution in [-0.2, 0) is 24.1 Å². The number of morpholine rings is 1. The van der Waals surface area contributed by atoms with Crippen LogP contribution < -0.4 is 10.6 Å². The number of guanidine groups is 1. The van der Waals surface area contributed by atoms with E-state index in [9.17, 15) is 0 Å². The van der Waals surface area contributed by atoms with Crippen LogP contribution in [0.25, 0.3) is 0 Å². The number of rotatable bonds is 9. The van der Waals surface area contributed by atoms with Crippen LogP contribution in [0.1, 0.15) is 51.6 Å². The van der Waals surface area contributed by atoms with Gasteiger partial charge in [-0.3, -0.25) is 4.90 Å². The number of ether oxygens (including phenoxy) is 1. The maximum absolute atomic E-state index is 5.93. The summed E-state index contributed by atoms with van der Waals surface area (Å²) in [5, 5.41) is 10.9. The lowest BCUT2D eigenvalue weighted by molar-refractivity contribution is -0.0284. The third-order valence-corrected chi connectivity index (χ3v) is 4.69. The Balaban J connectivity index is 0.00000392. The normalized spacial score (nSPS) is 18.2. The van der Waals surface area contributed by atoms with Gasteiger partial charge in [0.15, 0.2) is 5.96 Å². The van der Waals surface area contributed by atoms with Crippen LogP contribution in [-0.4, -0.2) is 61.5 Å². The molecule has 0 bridgehead atoms. The van der Waals surface area contributed by atoms with Gasteiger partial charge in [-0.05, 0) is 19.3 Å². The quantitative estimate of drug-likeness (QED) is 0.304. The highest BCUT2D eigenvalue weighted by Gasteiger charge is 2.21. The lowest BCUT2D eigenvalue weighted by atomic mass is 10.1. The Labute approximate surface area is 187 Å². The molecule has 0 aromatic carbocycles. The fourth-order valence-corrected chi connectivity index (χ4v) is 3.41. The lowest BCUT2D eigenvalue weighted by Crippen LogP contribution is -2.50. The first-order valence-corrected chi connectivity index (χ1v) is 10.4. The Hall–Kier alpha value is -0.870. The largest absolute Gasteiger partial charge is 0.374 e. The molecule has 2 rings (SSSR count). The van der Waals surface area contributed by atoms with Crippen molar-refractivity contribution < 1.29 is 9.26 Å². The van der Waals surface area contributed by atoms with Crippen molar-refractivity contribution in [1.82, 2.24) is 20.7 Å². The van der Waals surface area contributed by atoms with Crippen molar-refractivity contribution in [3.05, 3.63) is 17.0 Å². The average Bonchev–Trinajstić information content (AvgIpc) is 3.05. The zero-order chi connectivity index (χ0) is 19.6. The third-order valence-electron chi connectivity index (χ3n) is 4.69. The SMILES string of the molecule is CCNC(=NCc1c(CC)noc1CC)NCC1CN(CC(C)C)CCO1.I. The summed E-state index contributed by atoms with van der Waals surface area (Å²) in [5.74, 6) is 2.43. The Morgan fingerprint density at radius 1 is 1.25 bits per heavy atom. The molecule has 1 aliphatic rings. The van der Waals surface area contributed by atoms with E-state index < -0.39 is 0 Å². The summed E-state index contributed by atoms with van der Waals surface area (Å²) in [6, 6.07) is 0. The molecule has 162 valence electrons. The molecule has 1 aromatic heterocycles. The number of hydrogen-bond donors (Lipinski definition) is 2. The minimum Gasteiger partial charge on any atom is -0.374 e. The monoisotopic (exact) mass is 507 g/mol. The second-order valence-electron chi connectivity index (χ2n) is 7.46. The van der Waals surface area contributed by atoms with Gasteiger partial charge in [0.1, 0.15) is 5.76 Å². The van der Waals surface area contributed by atoms with E-state index in [2.05, 4.69) is 55.3 Å². The van der Waals surface area contributed by atoms with Crippen molar-refractivity contribution in [2.24, 2.45) is 10.9 Å². The first-order chi connectivity index (χ1) is 13.1.